The average molecular weight is 204 g/mol. The van der Waals surface area contributed by atoms with Crippen molar-refractivity contribution in [2.45, 2.75) is 40.0 Å². The second kappa shape index (κ2) is 3.81. The van der Waals surface area contributed by atoms with E-state index >= 15 is 0 Å². The van der Waals surface area contributed by atoms with E-state index in [9.17, 15) is 0 Å². The second-order valence-corrected chi connectivity index (χ2v) is 5.84. The number of fused-ring (bicyclic) bond motifs is 2. The van der Waals surface area contributed by atoms with Crippen molar-refractivity contribution in [1.29, 1.82) is 0 Å². The second-order valence-electron chi connectivity index (χ2n) is 5.84. The molecule has 0 saturated heterocycles. The molecule has 0 amide bonds. The molecule has 2 bridgehead atoms. The molecule has 0 nitrogen and oxygen atoms in total. The van der Waals surface area contributed by atoms with Crippen molar-refractivity contribution in [3.8, 4) is 0 Å². The van der Waals surface area contributed by atoms with Crippen LogP contribution in [0.2, 0.25) is 0 Å². The first-order valence-corrected chi connectivity index (χ1v) is 6.41. The molecule has 2 aliphatic carbocycles. The maximum absolute atomic E-state index is 3.93. The Labute approximate surface area is 94.5 Å². The van der Waals surface area contributed by atoms with E-state index in [-0.39, 0.29) is 0 Å². The van der Waals surface area contributed by atoms with Crippen LogP contribution in [0.5, 0.6) is 0 Å². The molecule has 1 fully saturated rings. The quantitative estimate of drug-likeness (QED) is 0.594. The minimum Gasteiger partial charge on any atom is -0.103 e. The maximum atomic E-state index is 3.93. The summed E-state index contributed by atoms with van der Waals surface area (Å²) >= 11 is 0. The predicted molar refractivity (Wildman–Crippen MR) is 66.6 cm³/mol. The highest BCUT2D eigenvalue weighted by molar-refractivity contribution is 5.17. The SMILES string of the molecule is C=CC(C)C(C)C(C)C12C=CC(CC1)C2. The standard InChI is InChI=1S/C15H24/c1-5-11(2)12(3)13(4)15-8-6-14(10-15)7-9-15/h5-6,8,11-14H,1,7,9-10H2,2-4H3. The Bertz CT molecular complexity index is 276. The summed E-state index contributed by atoms with van der Waals surface area (Å²) in [7, 11) is 0. The van der Waals surface area contributed by atoms with Crippen molar-refractivity contribution >= 4 is 0 Å². The third kappa shape index (κ3) is 1.68. The van der Waals surface area contributed by atoms with Gasteiger partial charge in [0.1, 0.15) is 0 Å². The zero-order valence-corrected chi connectivity index (χ0v) is 10.4. The monoisotopic (exact) mass is 204 g/mol. The average Bonchev–Trinajstić information content (AvgIpc) is 2.87. The summed E-state index contributed by atoms with van der Waals surface area (Å²) in [5.74, 6) is 3.10. The van der Waals surface area contributed by atoms with Crippen LogP contribution >= 0.6 is 0 Å². The molecule has 0 N–H and O–H groups in total. The van der Waals surface area contributed by atoms with Crippen LogP contribution in [0.4, 0.5) is 0 Å². The lowest BCUT2D eigenvalue weighted by Crippen LogP contribution is -2.30. The maximum Gasteiger partial charge on any atom is -0.00840 e. The minimum atomic E-state index is 0.543. The van der Waals surface area contributed by atoms with Gasteiger partial charge in [0.2, 0.25) is 0 Å². The van der Waals surface area contributed by atoms with Crippen molar-refractivity contribution in [2.24, 2.45) is 29.1 Å². The fraction of sp³-hybridized carbons (Fsp3) is 0.733. The Kier molecular flexibility index (Phi) is 2.79. The largest absolute Gasteiger partial charge is 0.103 e. The minimum absolute atomic E-state index is 0.543. The van der Waals surface area contributed by atoms with Gasteiger partial charge >= 0.3 is 0 Å². The third-order valence-corrected chi connectivity index (χ3v) is 5.22. The van der Waals surface area contributed by atoms with Gasteiger partial charge < -0.3 is 0 Å². The molecule has 5 atom stereocenters. The van der Waals surface area contributed by atoms with Crippen molar-refractivity contribution in [3.05, 3.63) is 24.8 Å². The lowest BCUT2D eigenvalue weighted by atomic mass is 9.67. The van der Waals surface area contributed by atoms with Crippen LogP contribution in [0.25, 0.3) is 0 Å². The Balaban J connectivity index is 2.10. The molecule has 2 rings (SSSR count). The van der Waals surface area contributed by atoms with Gasteiger partial charge in [0, 0.05) is 0 Å². The van der Waals surface area contributed by atoms with Crippen LogP contribution in [-0.4, -0.2) is 0 Å². The van der Waals surface area contributed by atoms with E-state index in [4.69, 9.17) is 0 Å². The molecule has 84 valence electrons. The van der Waals surface area contributed by atoms with E-state index < -0.39 is 0 Å². The summed E-state index contributed by atoms with van der Waals surface area (Å²) in [5, 5.41) is 0. The zero-order valence-electron chi connectivity index (χ0n) is 10.4. The van der Waals surface area contributed by atoms with Crippen LogP contribution in [0.1, 0.15) is 40.0 Å². The first kappa shape index (κ1) is 11.0. The fourth-order valence-corrected chi connectivity index (χ4v) is 3.55. The van der Waals surface area contributed by atoms with Gasteiger partial charge in [-0.15, -0.1) is 6.58 Å². The Hall–Kier alpha value is -0.520. The molecule has 0 aromatic heterocycles. The van der Waals surface area contributed by atoms with Crippen molar-refractivity contribution in [3.63, 3.8) is 0 Å². The zero-order chi connectivity index (χ0) is 11.1. The molecule has 0 heteroatoms. The van der Waals surface area contributed by atoms with Crippen molar-refractivity contribution in [2.75, 3.05) is 0 Å². The van der Waals surface area contributed by atoms with Crippen LogP contribution in [0, 0.1) is 29.1 Å². The fourth-order valence-electron chi connectivity index (χ4n) is 3.55. The summed E-state index contributed by atoms with van der Waals surface area (Å²) in [5.41, 5.74) is 0.543. The number of rotatable bonds is 4. The molecular formula is C15H24. The first-order valence-electron chi connectivity index (χ1n) is 6.41. The number of hydrogen-bond donors (Lipinski definition) is 0. The Morgan fingerprint density at radius 1 is 1.40 bits per heavy atom. The van der Waals surface area contributed by atoms with Crippen molar-refractivity contribution in [1.82, 2.24) is 0 Å². The molecule has 5 unspecified atom stereocenters. The van der Waals surface area contributed by atoms with Gasteiger partial charge in [-0.25, -0.2) is 0 Å². The summed E-state index contributed by atoms with van der Waals surface area (Å²) < 4.78 is 0. The molecule has 0 aromatic rings. The highest BCUT2D eigenvalue weighted by atomic mass is 14.5. The summed E-state index contributed by atoms with van der Waals surface area (Å²) in [6, 6.07) is 0. The molecular weight excluding hydrogens is 180 g/mol. The van der Waals surface area contributed by atoms with E-state index in [1.54, 1.807) is 0 Å². The van der Waals surface area contributed by atoms with E-state index in [2.05, 4.69) is 45.6 Å². The van der Waals surface area contributed by atoms with E-state index in [1.165, 1.54) is 19.3 Å². The van der Waals surface area contributed by atoms with Crippen molar-refractivity contribution < 1.29 is 0 Å². The molecule has 0 radical (unpaired) electrons. The van der Waals surface area contributed by atoms with E-state index in [0.717, 1.165) is 17.8 Å². The molecule has 1 saturated carbocycles. The lowest BCUT2D eigenvalue weighted by molar-refractivity contribution is 0.162. The van der Waals surface area contributed by atoms with Crippen LogP contribution in [-0.2, 0) is 0 Å². The molecule has 0 heterocycles. The molecule has 2 aliphatic rings. The molecule has 15 heavy (non-hydrogen) atoms. The van der Waals surface area contributed by atoms with E-state index in [1.807, 2.05) is 0 Å². The Morgan fingerprint density at radius 3 is 2.53 bits per heavy atom. The van der Waals surface area contributed by atoms with Crippen LogP contribution in [0.15, 0.2) is 24.8 Å². The number of allylic oxidation sites excluding steroid dienone is 3. The number of hydrogen-bond acceptors (Lipinski definition) is 0. The molecule has 0 aromatic carbocycles. The van der Waals surface area contributed by atoms with Gasteiger partial charge in [-0.3, -0.25) is 0 Å². The topological polar surface area (TPSA) is 0 Å². The summed E-state index contributed by atoms with van der Waals surface area (Å²) in [6.45, 7) is 11.1. The highest BCUT2D eigenvalue weighted by Crippen LogP contribution is 2.56. The van der Waals surface area contributed by atoms with Crippen LogP contribution in [0.3, 0.4) is 0 Å². The van der Waals surface area contributed by atoms with Gasteiger partial charge in [-0.05, 0) is 48.3 Å². The molecule has 0 spiro atoms. The van der Waals surface area contributed by atoms with Gasteiger partial charge in [0.25, 0.3) is 0 Å². The smallest absolute Gasteiger partial charge is 0.00840 e. The van der Waals surface area contributed by atoms with Gasteiger partial charge in [0.15, 0.2) is 0 Å². The van der Waals surface area contributed by atoms with Gasteiger partial charge in [-0.2, -0.15) is 0 Å². The molecule has 0 aliphatic heterocycles. The first-order chi connectivity index (χ1) is 7.09. The normalized spacial score (nSPS) is 39.0. The summed E-state index contributed by atoms with van der Waals surface area (Å²) in [4.78, 5) is 0. The van der Waals surface area contributed by atoms with Gasteiger partial charge in [0.05, 0.1) is 0 Å². The van der Waals surface area contributed by atoms with Crippen LogP contribution < -0.4 is 0 Å². The Morgan fingerprint density at radius 2 is 2.13 bits per heavy atom. The highest BCUT2D eigenvalue weighted by Gasteiger charge is 2.46. The lowest BCUT2D eigenvalue weighted by Gasteiger charge is -2.37. The predicted octanol–water partition coefficient (Wildman–Crippen LogP) is 4.44. The third-order valence-electron chi connectivity index (χ3n) is 5.22. The van der Waals surface area contributed by atoms with Gasteiger partial charge in [-0.1, -0.05) is 39.0 Å². The van der Waals surface area contributed by atoms with E-state index in [0.29, 0.717) is 11.3 Å². The summed E-state index contributed by atoms with van der Waals surface area (Å²) in [6.07, 6.45) is 11.4.